The van der Waals surface area contributed by atoms with Crippen LogP contribution in [0.1, 0.15) is 10.4 Å². The molecule has 5 nitrogen and oxygen atoms in total. The van der Waals surface area contributed by atoms with Crippen molar-refractivity contribution in [3.8, 4) is 0 Å². The normalized spacial score (nSPS) is 14.0. The van der Waals surface area contributed by atoms with Gasteiger partial charge in [-0.25, -0.2) is 0 Å². The average Bonchev–Trinajstić information content (AvgIpc) is 2.64. The third-order valence-corrected chi connectivity index (χ3v) is 5.72. The number of hydrogen-bond acceptors (Lipinski definition) is 4. The number of anilines is 2. The first-order valence-corrected chi connectivity index (χ1v) is 10.6. The average molecular weight is 593 g/mol. The van der Waals surface area contributed by atoms with E-state index in [0.717, 1.165) is 31.6 Å². The molecule has 1 fully saturated rings. The van der Waals surface area contributed by atoms with Crippen molar-refractivity contribution >= 4 is 79.8 Å². The smallest absolute Gasteiger partial charge is 0.258 e. The van der Waals surface area contributed by atoms with E-state index in [-0.39, 0.29) is 11.0 Å². The number of benzene rings is 2. The van der Waals surface area contributed by atoms with Crippen molar-refractivity contribution < 1.29 is 9.53 Å². The molecule has 26 heavy (non-hydrogen) atoms. The minimum Gasteiger partial charge on any atom is -0.378 e. The van der Waals surface area contributed by atoms with Gasteiger partial charge in [0.1, 0.15) is 0 Å². The Morgan fingerprint density at radius 3 is 2.62 bits per heavy atom. The minimum absolute atomic E-state index is 0.214. The molecule has 3 rings (SSSR count). The number of carbonyl (C=O) groups is 1. The monoisotopic (exact) mass is 593 g/mol. The molecule has 2 aromatic carbocycles. The highest BCUT2D eigenvalue weighted by molar-refractivity contribution is 14.1. The summed E-state index contributed by atoms with van der Waals surface area (Å²) in [6.45, 7) is 3.08. The lowest BCUT2D eigenvalue weighted by Crippen LogP contribution is -2.38. The SMILES string of the molecule is O=C(NC(=S)Nc1ccccc1N1CCOCC1)c1cc(I)ccc1I. The molecule has 2 N–H and O–H groups in total. The van der Waals surface area contributed by atoms with Gasteiger partial charge in [-0.2, -0.15) is 0 Å². The summed E-state index contributed by atoms with van der Waals surface area (Å²) < 4.78 is 7.31. The third kappa shape index (κ3) is 5.05. The molecule has 8 heteroatoms. The van der Waals surface area contributed by atoms with Crippen LogP contribution in [0.2, 0.25) is 0 Å². The molecule has 1 heterocycles. The summed E-state index contributed by atoms with van der Waals surface area (Å²) in [5, 5.41) is 6.21. The number of nitrogens with zero attached hydrogens (tertiary/aromatic N) is 1. The summed E-state index contributed by atoms with van der Waals surface area (Å²) >= 11 is 9.70. The van der Waals surface area contributed by atoms with Crippen LogP contribution in [-0.4, -0.2) is 37.3 Å². The topological polar surface area (TPSA) is 53.6 Å². The van der Waals surface area contributed by atoms with Gasteiger partial charge in [-0.3, -0.25) is 10.1 Å². The molecular weight excluding hydrogens is 576 g/mol. The highest BCUT2D eigenvalue weighted by Crippen LogP contribution is 2.26. The molecule has 0 spiro atoms. The molecule has 0 saturated carbocycles. The van der Waals surface area contributed by atoms with Crippen molar-refractivity contribution in [3.05, 3.63) is 55.2 Å². The minimum atomic E-state index is -0.214. The highest BCUT2D eigenvalue weighted by atomic mass is 127. The van der Waals surface area contributed by atoms with Gasteiger partial charge in [0.2, 0.25) is 0 Å². The van der Waals surface area contributed by atoms with Crippen LogP contribution in [0.4, 0.5) is 11.4 Å². The lowest BCUT2D eigenvalue weighted by atomic mass is 10.2. The maximum absolute atomic E-state index is 12.5. The molecule has 0 aromatic heterocycles. The molecule has 0 unspecified atom stereocenters. The summed E-state index contributed by atoms with van der Waals surface area (Å²) in [6, 6.07) is 13.7. The van der Waals surface area contributed by atoms with E-state index in [1.165, 1.54) is 0 Å². The van der Waals surface area contributed by atoms with Crippen LogP contribution in [0.3, 0.4) is 0 Å². The Balaban J connectivity index is 1.70. The second-order valence-corrected chi connectivity index (χ2v) is 8.47. The number of para-hydroxylation sites is 2. The van der Waals surface area contributed by atoms with Crippen molar-refractivity contribution in [3.63, 3.8) is 0 Å². The number of thiocarbonyl (C=S) groups is 1. The van der Waals surface area contributed by atoms with Crippen LogP contribution in [0.25, 0.3) is 0 Å². The first-order chi connectivity index (χ1) is 12.5. The van der Waals surface area contributed by atoms with E-state index < -0.39 is 0 Å². The van der Waals surface area contributed by atoms with E-state index in [4.69, 9.17) is 17.0 Å². The van der Waals surface area contributed by atoms with Crippen LogP contribution in [-0.2, 0) is 4.74 Å². The highest BCUT2D eigenvalue weighted by Gasteiger charge is 2.16. The van der Waals surface area contributed by atoms with Crippen molar-refractivity contribution in [1.82, 2.24) is 5.32 Å². The summed E-state index contributed by atoms with van der Waals surface area (Å²) in [6.07, 6.45) is 0. The lowest BCUT2D eigenvalue weighted by Gasteiger charge is -2.30. The van der Waals surface area contributed by atoms with Crippen LogP contribution in [0.5, 0.6) is 0 Å². The predicted octanol–water partition coefficient (Wildman–Crippen LogP) is 3.86. The molecule has 1 aliphatic heterocycles. The fourth-order valence-corrected chi connectivity index (χ4v) is 3.93. The molecule has 0 atom stereocenters. The number of halogens is 2. The number of amides is 1. The predicted molar refractivity (Wildman–Crippen MR) is 125 cm³/mol. The summed E-state index contributed by atoms with van der Waals surface area (Å²) in [5.74, 6) is -0.214. The Bertz CT molecular complexity index is 826. The van der Waals surface area contributed by atoms with Crippen molar-refractivity contribution in [2.45, 2.75) is 0 Å². The zero-order chi connectivity index (χ0) is 18.5. The standard InChI is InChI=1S/C18H17I2N3O2S/c19-12-5-6-14(20)13(11-12)17(24)22-18(26)21-15-3-1-2-4-16(15)23-7-9-25-10-8-23/h1-6,11H,7-10H2,(H2,21,22,24,26). The van der Waals surface area contributed by atoms with E-state index in [9.17, 15) is 4.79 Å². The Hall–Kier alpha value is -0.980. The van der Waals surface area contributed by atoms with Crippen LogP contribution >= 0.6 is 57.4 Å². The molecule has 0 aliphatic carbocycles. The van der Waals surface area contributed by atoms with E-state index in [1.54, 1.807) is 0 Å². The number of carbonyl (C=O) groups excluding carboxylic acids is 1. The Morgan fingerprint density at radius 2 is 1.85 bits per heavy atom. The van der Waals surface area contributed by atoms with Gasteiger partial charge in [0, 0.05) is 20.2 Å². The maximum Gasteiger partial charge on any atom is 0.258 e. The van der Waals surface area contributed by atoms with E-state index in [1.807, 2.05) is 42.5 Å². The molecule has 136 valence electrons. The van der Waals surface area contributed by atoms with Crippen LogP contribution < -0.4 is 15.5 Å². The summed E-state index contributed by atoms with van der Waals surface area (Å²) in [5.41, 5.74) is 2.54. The molecule has 0 bridgehead atoms. The fraction of sp³-hybridized carbons (Fsp3) is 0.222. The second-order valence-electron chi connectivity index (χ2n) is 5.65. The van der Waals surface area contributed by atoms with E-state index in [2.05, 4.69) is 60.7 Å². The van der Waals surface area contributed by atoms with Crippen LogP contribution in [0, 0.1) is 7.14 Å². The van der Waals surface area contributed by atoms with Gasteiger partial charge in [-0.1, -0.05) is 12.1 Å². The van der Waals surface area contributed by atoms with Gasteiger partial charge >= 0.3 is 0 Å². The largest absolute Gasteiger partial charge is 0.378 e. The van der Waals surface area contributed by atoms with E-state index in [0.29, 0.717) is 18.8 Å². The third-order valence-electron chi connectivity index (χ3n) is 3.90. The van der Waals surface area contributed by atoms with Gasteiger partial charge in [-0.05, 0) is 87.7 Å². The summed E-state index contributed by atoms with van der Waals surface area (Å²) in [4.78, 5) is 14.8. The first kappa shape index (κ1) is 19.8. The molecule has 2 aromatic rings. The summed E-state index contributed by atoms with van der Waals surface area (Å²) in [7, 11) is 0. The molecular formula is C18H17I2N3O2S. The molecule has 0 radical (unpaired) electrons. The Morgan fingerprint density at radius 1 is 1.12 bits per heavy atom. The van der Waals surface area contributed by atoms with Crippen molar-refractivity contribution in [1.29, 1.82) is 0 Å². The number of ether oxygens (including phenoxy) is 1. The number of morpholine rings is 1. The molecule has 1 amide bonds. The number of rotatable bonds is 3. The quantitative estimate of drug-likeness (QED) is 0.419. The Labute approximate surface area is 185 Å². The van der Waals surface area contributed by atoms with E-state index >= 15 is 0 Å². The molecule has 1 saturated heterocycles. The van der Waals surface area contributed by atoms with Crippen molar-refractivity contribution in [2.24, 2.45) is 0 Å². The lowest BCUT2D eigenvalue weighted by molar-refractivity contribution is 0.0977. The van der Waals surface area contributed by atoms with Gasteiger partial charge in [0.25, 0.3) is 5.91 Å². The second kappa shape index (κ2) is 9.29. The van der Waals surface area contributed by atoms with Gasteiger partial charge in [-0.15, -0.1) is 0 Å². The van der Waals surface area contributed by atoms with Gasteiger partial charge in [0.15, 0.2) is 5.11 Å². The number of nitrogens with one attached hydrogen (secondary N) is 2. The molecule has 1 aliphatic rings. The van der Waals surface area contributed by atoms with Crippen molar-refractivity contribution in [2.75, 3.05) is 36.5 Å². The van der Waals surface area contributed by atoms with Gasteiger partial charge in [0.05, 0.1) is 30.2 Å². The van der Waals surface area contributed by atoms with Gasteiger partial charge < -0.3 is 15.0 Å². The number of hydrogen-bond donors (Lipinski definition) is 2. The zero-order valence-electron chi connectivity index (χ0n) is 13.8. The Kier molecular flexibility index (Phi) is 7.06. The fourth-order valence-electron chi connectivity index (χ4n) is 2.65. The van der Waals surface area contributed by atoms with Crippen LogP contribution in [0.15, 0.2) is 42.5 Å². The zero-order valence-corrected chi connectivity index (χ0v) is 18.9. The first-order valence-electron chi connectivity index (χ1n) is 8.04. The maximum atomic E-state index is 12.5.